The van der Waals surface area contributed by atoms with Crippen molar-refractivity contribution in [1.82, 2.24) is 0 Å². The molecule has 0 aromatic carbocycles. The van der Waals surface area contributed by atoms with Crippen LogP contribution in [0.2, 0.25) is 0 Å². The molecule has 12 bridgehead atoms. The van der Waals surface area contributed by atoms with Gasteiger partial charge >= 0.3 is 35.8 Å². The molecule has 0 aromatic heterocycles. The summed E-state index contributed by atoms with van der Waals surface area (Å²) in [6.45, 7) is 21.9. The van der Waals surface area contributed by atoms with Crippen molar-refractivity contribution in [3.05, 3.63) is 49.6 Å². The molecule has 14 fully saturated rings. The lowest BCUT2D eigenvalue weighted by atomic mass is 9.47. The van der Waals surface area contributed by atoms with Crippen LogP contribution in [0.1, 0.15) is 124 Å². The Bertz CT molecular complexity index is 2020. The minimum absolute atomic E-state index is 0.0646. The van der Waals surface area contributed by atoms with Crippen molar-refractivity contribution in [3.63, 3.8) is 0 Å². The van der Waals surface area contributed by atoms with Crippen LogP contribution >= 0.6 is 0 Å². The molecule has 0 amide bonds. The van der Waals surface area contributed by atoms with Crippen LogP contribution in [0.15, 0.2) is 49.6 Å². The summed E-state index contributed by atoms with van der Waals surface area (Å²) in [4.78, 5) is 69.0. The monoisotopic (exact) mass is 914 g/mol. The highest BCUT2D eigenvalue weighted by atomic mass is 16.6. The molecule has 0 radical (unpaired) electrons. The molecular weight excluding hydrogens is 845 g/mol. The standard InChI is InChI=1S/C17H26O2.C13H18O3.C12H14O4.C11H12O4/c1-10(2)16(18)19-17(11(3)4)14-6-12-5-13(8-14)9-15(17)7-12;1-2-11(14)16-13-6-9-3-10(7-13)5-12(15,4-9)8-13;1-5(2)11(13)15-9-6-3-7-8(4-6)12(14)16-10(7)9;1-2-8(12)14-9-5-3-6-7(4-5)11(13)15-10(6)9/h11-15H,1,5-9H2,2-4H3;2,9-10,15H,1,3-8H2;6-10H,1,3-4H2,2H3;2,5-7,9-10H,1,3-4H2. The van der Waals surface area contributed by atoms with Gasteiger partial charge in [-0.1, -0.05) is 40.2 Å². The van der Waals surface area contributed by atoms with Crippen LogP contribution in [0.3, 0.4) is 0 Å². The highest BCUT2D eigenvalue weighted by Crippen LogP contribution is 2.63. The Balaban J connectivity index is 0.000000111. The molecule has 0 spiro atoms. The zero-order valence-electron chi connectivity index (χ0n) is 39.3. The first-order valence-corrected chi connectivity index (χ1v) is 24.8. The molecule has 0 aromatic rings. The smallest absolute Gasteiger partial charge is 0.333 e. The lowest BCUT2D eigenvalue weighted by Crippen LogP contribution is -2.62. The first kappa shape index (κ1) is 46.8. The molecule has 13 heteroatoms. The molecule has 2 heterocycles. The number of rotatable bonds is 9. The van der Waals surface area contributed by atoms with Crippen LogP contribution in [0.25, 0.3) is 0 Å². The van der Waals surface area contributed by atoms with E-state index in [0.29, 0.717) is 59.0 Å². The minimum Gasteiger partial charge on any atom is -0.458 e. The van der Waals surface area contributed by atoms with Gasteiger partial charge in [-0.2, -0.15) is 0 Å². The SMILES string of the molecule is C=C(C)C(=O)OC1(C(C)C)C2CC3CC(C2)CC1C3.C=C(C)C(=O)OC1C2CC3C(=O)OC1C3C2.C=CC(=O)OC12CC3CC(CC(O)(C3)C1)C2.C=CC(=O)OC1C2CC3C(=O)OC1C3C2. The summed E-state index contributed by atoms with van der Waals surface area (Å²) < 4.78 is 32.8. The van der Waals surface area contributed by atoms with E-state index in [2.05, 4.69) is 40.2 Å². The first-order valence-electron chi connectivity index (χ1n) is 24.8. The van der Waals surface area contributed by atoms with E-state index in [9.17, 15) is 33.9 Å². The summed E-state index contributed by atoms with van der Waals surface area (Å²) in [5.41, 5.74) is -0.225. The number of esters is 6. The second-order valence-electron chi connectivity index (χ2n) is 23.0. The van der Waals surface area contributed by atoms with Crippen LogP contribution in [0, 0.1) is 76.9 Å². The van der Waals surface area contributed by atoms with E-state index >= 15 is 0 Å². The third-order valence-electron chi connectivity index (χ3n) is 18.2. The average molecular weight is 915 g/mol. The van der Waals surface area contributed by atoms with Gasteiger partial charge in [0.2, 0.25) is 0 Å². The molecule has 12 unspecified atom stereocenters. The summed E-state index contributed by atoms with van der Waals surface area (Å²) in [5.74, 6) is 4.24. The molecule has 14 aliphatic rings. The summed E-state index contributed by atoms with van der Waals surface area (Å²) in [6, 6.07) is 0. The van der Waals surface area contributed by atoms with Gasteiger partial charge < -0.3 is 33.5 Å². The average Bonchev–Trinajstić information content (AvgIpc) is 4.07. The number of ether oxygens (including phenoxy) is 6. The number of carbonyl (C=O) groups excluding carboxylic acids is 6. The van der Waals surface area contributed by atoms with E-state index in [4.69, 9.17) is 28.4 Å². The number of hydrogen-bond donors (Lipinski definition) is 1. The second-order valence-corrected chi connectivity index (χ2v) is 23.0. The van der Waals surface area contributed by atoms with E-state index in [1.807, 2.05) is 0 Å². The molecule has 2 saturated heterocycles. The Morgan fingerprint density at radius 3 is 1.55 bits per heavy atom. The Morgan fingerprint density at radius 1 is 0.636 bits per heavy atom. The van der Waals surface area contributed by atoms with E-state index in [1.54, 1.807) is 13.8 Å². The first-order chi connectivity index (χ1) is 31.2. The predicted octanol–water partition coefficient (Wildman–Crippen LogP) is 7.48. The van der Waals surface area contributed by atoms with Crippen LogP contribution in [-0.4, -0.2) is 82.1 Å². The van der Waals surface area contributed by atoms with E-state index < -0.39 is 11.6 Å². The highest BCUT2D eigenvalue weighted by Gasteiger charge is 2.65. The van der Waals surface area contributed by atoms with Crippen LogP contribution in [0.4, 0.5) is 0 Å². The third kappa shape index (κ3) is 8.28. The van der Waals surface area contributed by atoms with Crippen molar-refractivity contribution in [3.8, 4) is 0 Å². The second kappa shape index (κ2) is 17.4. The Morgan fingerprint density at radius 2 is 1.11 bits per heavy atom. The van der Waals surface area contributed by atoms with Gasteiger partial charge in [0.05, 0.1) is 17.4 Å². The summed E-state index contributed by atoms with van der Waals surface area (Å²) in [7, 11) is 0. The van der Waals surface area contributed by atoms with Gasteiger partial charge in [0.1, 0.15) is 35.6 Å². The van der Waals surface area contributed by atoms with E-state index in [1.165, 1.54) is 44.6 Å². The van der Waals surface area contributed by atoms with Gasteiger partial charge in [0.15, 0.2) is 0 Å². The molecule has 360 valence electrons. The molecule has 13 nitrogen and oxygen atoms in total. The molecule has 12 saturated carbocycles. The van der Waals surface area contributed by atoms with E-state index in [0.717, 1.165) is 69.3 Å². The zero-order valence-corrected chi connectivity index (χ0v) is 39.3. The van der Waals surface area contributed by atoms with Crippen LogP contribution in [0.5, 0.6) is 0 Å². The van der Waals surface area contributed by atoms with Gasteiger partial charge in [-0.05, 0) is 145 Å². The van der Waals surface area contributed by atoms with Gasteiger partial charge in [-0.15, -0.1) is 0 Å². The lowest BCUT2D eigenvalue weighted by molar-refractivity contribution is -0.221. The number of carbonyl (C=O) groups is 6. The predicted molar refractivity (Wildman–Crippen MR) is 238 cm³/mol. The maximum absolute atomic E-state index is 12.1. The molecule has 66 heavy (non-hydrogen) atoms. The molecular formula is C53H70O13. The number of hydrogen-bond acceptors (Lipinski definition) is 13. The molecule has 12 atom stereocenters. The van der Waals surface area contributed by atoms with Crippen molar-refractivity contribution in [2.45, 2.75) is 165 Å². The molecule has 1 N–H and O–H groups in total. The van der Waals surface area contributed by atoms with Crippen molar-refractivity contribution in [2.24, 2.45) is 76.9 Å². The third-order valence-corrected chi connectivity index (χ3v) is 18.2. The van der Waals surface area contributed by atoms with Crippen LogP contribution < -0.4 is 0 Å². The van der Waals surface area contributed by atoms with Crippen molar-refractivity contribution < 1.29 is 62.3 Å². The van der Waals surface area contributed by atoms with Crippen molar-refractivity contribution in [2.75, 3.05) is 0 Å². The zero-order chi connectivity index (χ0) is 47.2. The maximum Gasteiger partial charge on any atom is 0.333 e. The largest absolute Gasteiger partial charge is 0.458 e. The van der Waals surface area contributed by atoms with Gasteiger partial charge in [0.25, 0.3) is 0 Å². The number of fused-ring (bicyclic) bond motifs is 2. The minimum atomic E-state index is -0.564. The van der Waals surface area contributed by atoms with Crippen molar-refractivity contribution in [1.29, 1.82) is 0 Å². The number of aliphatic hydroxyl groups is 1. The summed E-state index contributed by atoms with van der Waals surface area (Å²) in [6.07, 6.45) is 17.1. The summed E-state index contributed by atoms with van der Waals surface area (Å²) in [5, 5.41) is 10.4. The van der Waals surface area contributed by atoms with Gasteiger partial charge in [-0.25, -0.2) is 19.2 Å². The molecule has 14 rings (SSSR count). The quantitative estimate of drug-likeness (QED) is 0.137. The lowest BCUT2D eigenvalue weighted by Gasteiger charge is -2.61. The van der Waals surface area contributed by atoms with Crippen LogP contribution in [-0.2, 0) is 57.2 Å². The normalized spacial score (nSPS) is 45.2. The Kier molecular flexibility index (Phi) is 12.3. The fourth-order valence-electron chi connectivity index (χ4n) is 16.4. The fourth-order valence-corrected chi connectivity index (χ4v) is 16.4. The topological polar surface area (TPSA) is 178 Å². The maximum atomic E-state index is 12.1. The van der Waals surface area contributed by atoms with Crippen molar-refractivity contribution >= 4 is 35.8 Å². The van der Waals surface area contributed by atoms with E-state index in [-0.39, 0.29) is 89.1 Å². The van der Waals surface area contributed by atoms with Gasteiger partial charge in [-0.3, -0.25) is 9.59 Å². The fraction of sp³-hybridized carbons (Fsp3) is 0.736. The van der Waals surface area contributed by atoms with Gasteiger partial charge in [0, 0.05) is 53.4 Å². The highest BCUT2D eigenvalue weighted by molar-refractivity contribution is 5.88. The Hall–Kier alpha value is -4.26. The molecule has 12 aliphatic carbocycles. The Labute approximate surface area is 388 Å². The molecule has 2 aliphatic heterocycles. The summed E-state index contributed by atoms with van der Waals surface area (Å²) >= 11 is 0.